The SMILES string of the molecule is NCc1cc(-c2cccc(-c3ccncc3)c2)no1. The molecule has 4 nitrogen and oxygen atoms in total. The molecule has 3 rings (SSSR count). The van der Waals surface area contributed by atoms with E-state index in [1.165, 1.54) is 0 Å². The Morgan fingerprint density at radius 3 is 2.47 bits per heavy atom. The van der Waals surface area contributed by atoms with Gasteiger partial charge in [-0.15, -0.1) is 0 Å². The molecule has 1 aromatic carbocycles. The fourth-order valence-electron chi connectivity index (χ4n) is 1.95. The highest BCUT2D eigenvalue weighted by Crippen LogP contribution is 2.25. The summed E-state index contributed by atoms with van der Waals surface area (Å²) in [6.45, 7) is 0.358. The fourth-order valence-corrected chi connectivity index (χ4v) is 1.95. The summed E-state index contributed by atoms with van der Waals surface area (Å²) in [4.78, 5) is 4.02. The van der Waals surface area contributed by atoms with Crippen LogP contribution in [0.4, 0.5) is 0 Å². The quantitative estimate of drug-likeness (QED) is 0.777. The van der Waals surface area contributed by atoms with Gasteiger partial charge < -0.3 is 10.3 Å². The fraction of sp³-hybridized carbons (Fsp3) is 0.0667. The number of nitrogens with zero attached hydrogens (tertiary/aromatic N) is 2. The second-order valence-electron chi connectivity index (χ2n) is 4.20. The van der Waals surface area contributed by atoms with Gasteiger partial charge in [-0.2, -0.15) is 0 Å². The molecule has 3 aromatic rings. The summed E-state index contributed by atoms with van der Waals surface area (Å²) >= 11 is 0. The molecule has 2 aromatic heterocycles. The third kappa shape index (κ3) is 2.39. The Bertz CT molecular complexity index is 677. The van der Waals surface area contributed by atoms with E-state index < -0.39 is 0 Å². The average molecular weight is 251 g/mol. The molecule has 0 atom stereocenters. The second-order valence-corrected chi connectivity index (χ2v) is 4.20. The van der Waals surface area contributed by atoms with Gasteiger partial charge in [-0.1, -0.05) is 23.4 Å². The topological polar surface area (TPSA) is 64.9 Å². The first-order valence-corrected chi connectivity index (χ1v) is 6.03. The zero-order chi connectivity index (χ0) is 13.1. The minimum Gasteiger partial charge on any atom is -0.359 e. The first kappa shape index (κ1) is 11.6. The summed E-state index contributed by atoms with van der Waals surface area (Å²) in [6.07, 6.45) is 3.56. The highest BCUT2D eigenvalue weighted by atomic mass is 16.5. The van der Waals surface area contributed by atoms with Crippen LogP contribution in [0.25, 0.3) is 22.4 Å². The normalized spacial score (nSPS) is 10.6. The first-order valence-electron chi connectivity index (χ1n) is 6.03. The van der Waals surface area contributed by atoms with Crippen LogP contribution in [0.3, 0.4) is 0 Å². The Balaban J connectivity index is 2.00. The Labute approximate surface area is 110 Å². The molecule has 0 saturated heterocycles. The molecule has 0 spiro atoms. The van der Waals surface area contributed by atoms with Crippen LogP contribution < -0.4 is 5.73 Å². The van der Waals surface area contributed by atoms with Crippen molar-refractivity contribution in [3.63, 3.8) is 0 Å². The van der Waals surface area contributed by atoms with Crippen molar-refractivity contribution < 1.29 is 4.52 Å². The molecular weight excluding hydrogens is 238 g/mol. The van der Waals surface area contributed by atoms with Crippen molar-refractivity contribution in [1.29, 1.82) is 0 Å². The van der Waals surface area contributed by atoms with E-state index in [0.717, 1.165) is 22.4 Å². The predicted octanol–water partition coefficient (Wildman–Crippen LogP) is 2.86. The molecule has 0 unspecified atom stereocenters. The van der Waals surface area contributed by atoms with Crippen LogP contribution in [0.15, 0.2) is 59.4 Å². The van der Waals surface area contributed by atoms with Crippen LogP contribution in [0, 0.1) is 0 Å². The summed E-state index contributed by atoms with van der Waals surface area (Å²) in [5.74, 6) is 0.685. The molecule has 0 aliphatic heterocycles. The largest absolute Gasteiger partial charge is 0.359 e. The highest BCUT2D eigenvalue weighted by Gasteiger charge is 2.06. The predicted molar refractivity (Wildman–Crippen MR) is 73.1 cm³/mol. The number of pyridine rings is 1. The van der Waals surface area contributed by atoms with Crippen molar-refractivity contribution in [2.24, 2.45) is 5.73 Å². The molecule has 19 heavy (non-hydrogen) atoms. The molecule has 0 amide bonds. The van der Waals surface area contributed by atoms with Gasteiger partial charge in [-0.3, -0.25) is 4.98 Å². The van der Waals surface area contributed by atoms with Crippen molar-refractivity contribution in [3.05, 3.63) is 60.6 Å². The molecule has 0 aliphatic carbocycles. The zero-order valence-electron chi connectivity index (χ0n) is 10.3. The smallest absolute Gasteiger partial charge is 0.150 e. The Hall–Kier alpha value is -2.46. The lowest BCUT2D eigenvalue weighted by molar-refractivity contribution is 0.387. The summed E-state index contributed by atoms with van der Waals surface area (Å²) in [7, 11) is 0. The lowest BCUT2D eigenvalue weighted by Crippen LogP contribution is -1.92. The highest BCUT2D eigenvalue weighted by molar-refractivity contribution is 5.71. The van der Waals surface area contributed by atoms with Crippen LogP contribution in [-0.4, -0.2) is 10.1 Å². The van der Waals surface area contributed by atoms with Gasteiger partial charge in [0.1, 0.15) is 5.69 Å². The van der Waals surface area contributed by atoms with E-state index in [9.17, 15) is 0 Å². The zero-order valence-corrected chi connectivity index (χ0v) is 10.3. The van der Waals surface area contributed by atoms with Crippen molar-refractivity contribution in [1.82, 2.24) is 10.1 Å². The molecule has 0 fully saturated rings. The van der Waals surface area contributed by atoms with Gasteiger partial charge in [0.15, 0.2) is 5.76 Å². The van der Waals surface area contributed by atoms with E-state index in [1.807, 2.05) is 30.3 Å². The van der Waals surface area contributed by atoms with E-state index in [2.05, 4.69) is 22.3 Å². The molecule has 0 radical (unpaired) electrons. The van der Waals surface area contributed by atoms with E-state index in [1.54, 1.807) is 12.4 Å². The average Bonchev–Trinajstić information content (AvgIpc) is 2.97. The van der Waals surface area contributed by atoms with E-state index in [0.29, 0.717) is 12.3 Å². The van der Waals surface area contributed by atoms with E-state index in [-0.39, 0.29) is 0 Å². The standard InChI is InChI=1S/C15H13N3O/c16-10-14-9-15(18-19-14)13-3-1-2-12(8-13)11-4-6-17-7-5-11/h1-9H,10,16H2. The molecule has 0 bridgehead atoms. The number of hydrogen-bond acceptors (Lipinski definition) is 4. The molecule has 0 aliphatic rings. The molecule has 0 saturated carbocycles. The van der Waals surface area contributed by atoms with Gasteiger partial charge in [0.05, 0.1) is 6.54 Å². The lowest BCUT2D eigenvalue weighted by atomic mass is 10.0. The first-order chi connectivity index (χ1) is 9.36. The van der Waals surface area contributed by atoms with Crippen molar-refractivity contribution >= 4 is 0 Å². The minimum absolute atomic E-state index is 0.358. The Kier molecular flexibility index (Phi) is 3.08. The van der Waals surface area contributed by atoms with Crippen LogP contribution in [0.1, 0.15) is 5.76 Å². The maximum Gasteiger partial charge on any atom is 0.150 e. The van der Waals surface area contributed by atoms with Gasteiger partial charge in [0.2, 0.25) is 0 Å². The summed E-state index contributed by atoms with van der Waals surface area (Å²) in [5.41, 5.74) is 9.58. The molecule has 94 valence electrons. The second kappa shape index (κ2) is 5.04. The van der Waals surface area contributed by atoms with Crippen LogP contribution in [-0.2, 0) is 6.54 Å². The van der Waals surface area contributed by atoms with Gasteiger partial charge in [-0.05, 0) is 29.3 Å². The summed E-state index contributed by atoms with van der Waals surface area (Å²) < 4.78 is 5.13. The number of aromatic nitrogens is 2. The van der Waals surface area contributed by atoms with Crippen LogP contribution in [0.5, 0.6) is 0 Å². The van der Waals surface area contributed by atoms with E-state index in [4.69, 9.17) is 10.3 Å². The van der Waals surface area contributed by atoms with E-state index >= 15 is 0 Å². The summed E-state index contributed by atoms with van der Waals surface area (Å²) in [6, 6.07) is 14.0. The molecule has 2 heterocycles. The van der Waals surface area contributed by atoms with Gasteiger partial charge in [0, 0.05) is 24.0 Å². The molecule has 2 N–H and O–H groups in total. The van der Waals surface area contributed by atoms with Gasteiger partial charge in [0.25, 0.3) is 0 Å². The number of rotatable bonds is 3. The van der Waals surface area contributed by atoms with Gasteiger partial charge in [-0.25, -0.2) is 0 Å². The number of benzene rings is 1. The van der Waals surface area contributed by atoms with Crippen LogP contribution >= 0.6 is 0 Å². The Morgan fingerprint density at radius 2 is 1.74 bits per heavy atom. The molecule has 4 heteroatoms. The number of hydrogen-bond donors (Lipinski definition) is 1. The van der Waals surface area contributed by atoms with Crippen molar-refractivity contribution in [2.75, 3.05) is 0 Å². The van der Waals surface area contributed by atoms with Crippen LogP contribution in [0.2, 0.25) is 0 Å². The number of nitrogens with two attached hydrogens (primary N) is 1. The monoisotopic (exact) mass is 251 g/mol. The van der Waals surface area contributed by atoms with Gasteiger partial charge >= 0.3 is 0 Å². The third-order valence-corrected chi connectivity index (χ3v) is 2.93. The third-order valence-electron chi connectivity index (χ3n) is 2.93. The minimum atomic E-state index is 0.358. The maximum absolute atomic E-state index is 5.52. The van der Waals surface area contributed by atoms with Crippen molar-refractivity contribution in [3.8, 4) is 22.4 Å². The van der Waals surface area contributed by atoms with Crippen molar-refractivity contribution in [2.45, 2.75) is 6.54 Å². The Morgan fingerprint density at radius 1 is 0.947 bits per heavy atom. The maximum atomic E-state index is 5.52. The summed E-state index contributed by atoms with van der Waals surface area (Å²) in [5, 5.41) is 4.02. The lowest BCUT2D eigenvalue weighted by Gasteiger charge is -2.02. The molecular formula is C15H13N3O.